The summed E-state index contributed by atoms with van der Waals surface area (Å²) in [5, 5.41) is 0. The third-order valence-corrected chi connectivity index (χ3v) is 10.1. The smallest absolute Gasteiger partial charge is 0.247 e. The molecule has 1 aromatic rings. The van der Waals surface area contributed by atoms with Crippen molar-refractivity contribution in [1.82, 2.24) is 4.98 Å². The van der Waals surface area contributed by atoms with Crippen molar-refractivity contribution in [3.8, 4) is 0 Å². The summed E-state index contributed by atoms with van der Waals surface area (Å²) < 4.78 is 2.64. The molecular weight excluding hydrogens is 520 g/mol. The van der Waals surface area contributed by atoms with Crippen LogP contribution in [-0.2, 0) is 0 Å². The van der Waals surface area contributed by atoms with Crippen molar-refractivity contribution in [1.29, 1.82) is 0 Å². The van der Waals surface area contributed by atoms with Crippen LogP contribution >= 0.6 is 0 Å². The maximum absolute atomic E-state index is 3.75. The van der Waals surface area contributed by atoms with Gasteiger partial charge in [-0.25, -0.2) is 9.55 Å². The Morgan fingerprint density at radius 2 is 0.744 bits per heavy atom. The van der Waals surface area contributed by atoms with E-state index in [2.05, 4.69) is 49.6 Å². The lowest BCUT2D eigenvalue weighted by molar-refractivity contribution is -0.727. The second kappa shape index (κ2) is 31.2. The number of hydrogen-bond acceptors (Lipinski definition) is 0. The summed E-state index contributed by atoms with van der Waals surface area (Å²) in [4.78, 5) is 3.75. The van der Waals surface area contributed by atoms with Crippen molar-refractivity contribution in [3.05, 3.63) is 18.2 Å². The first kappa shape index (κ1) is 40.2. The molecule has 0 spiro atoms. The Labute approximate surface area is 272 Å². The SMILES string of the molecule is CCCCCCCCCCCCCC(C)[n+]1cc[nH]c1C(CCCCCCCCCCC)CCCCCCCCCCC. The van der Waals surface area contributed by atoms with E-state index in [9.17, 15) is 0 Å². The Morgan fingerprint density at radius 3 is 1.09 bits per heavy atom. The molecule has 1 unspecified atom stereocenters. The van der Waals surface area contributed by atoms with Crippen LogP contribution in [0.4, 0.5) is 0 Å². The van der Waals surface area contributed by atoms with Crippen molar-refractivity contribution in [2.75, 3.05) is 0 Å². The molecule has 1 N–H and O–H groups in total. The number of nitrogens with zero attached hydrogens (tertiary/aromatic N) is 1. The van der Waals surface area contributed by atoms with E-state index >= 15 is 0 Å². The topological polar surface area (TPSA) is 19.7 Å². The minimum absolute atomic E-state index is 0.619. The molecule has 2 heteroatoms. The zero-order valence-corrected chi connectivity index (χ0v) is 30.4. The van der Waals surface area contributed by atoms with Crippen molar-refractivity contribution in [2.24, 2.45) is 0 Å². The molecule has 0 saturated heterocycles. The van der Waals surface area contributed by atoms with Crippen LogP contribution in [0.25, 0.3) is 0 Å². The molecule has 0 saturated carbocycles. The molecule has 2 nitrogen and oxygen atoms in total. The zero-order chi connectivity index (χ0) is 31.1. The maximum Gasteiger partial charge on any atom is 0.257 e. The van der Waals surface area contributed by atoms with Gasteiger partial charge >= 0.3 is 0 Å². The van der Waals surface area contributed by atoms with E-state index in [0.717, 1.165) is 0 Å². The van der Waals surface area contributed by atoms with Gasteiger partial charge in [0.25, 0.3) is 5.82 Å². The molecule has 1 atom stereocenters. The Kier molecular flexibility index (Phi) is 29.2. The largest absolute Gasteiger partial charge is 0.257 e. The predicted molar refractivity (Wildman–Crippen MR) is 193 cm³/mol. The summed E-state index contributed by atoms with van der Waals surface area (Å²) in [6.45, 7) is 9.42. The monoisotopic (exact) mass is 602 g/mol. The van der Waals surface area contributed by atoms with Gasteiger partial charge in [0.2, 0.25) is 0 Å². The number of H-pyrrole nitrogens is 1. The average Bonchev–Trinajstić information content (AvgIpc) is 3.51. The quantitative estimate of drug-likeness (QED) is 0.0599. The van der Waals surface area contributed by atoms with Crippen molar-refractivity contribution in [2.45, 2.75) is 245 Å². The first-order valence-electron chi connectivity index (χ1n) is 20.3. The van der Waals surface area contributed by atoms with Gasteiger partial charge in [-0.2, -0.15) is 0 Å². The van der Waals surface area contributed by atoms with Gasteiger partial charge in [-0.05, 0) is 32.6 Å². The average molecular weight is 602 g/mol. The van der Waals surface area contributed by atoms with Gasteiger partial charge in [0, 0.05) is 0 Å². The maximum atomic E-state index is 3.75. The molecule has 0 aliphatic rings. The number of unbranched alkanes of at least 4 members (excludes halogenated alkanes) is 26. The summed E-state index contributed by atoms with van der Waals surface area (Å²) in [5.41, 5.74) is 0. The summed E-state index contributed by atoms with van der Waals surface area (Å²) in [7, 11) is 0. The molecule has 254 valence electrons. The first-order chi connectivity index (χ1) is 21.2. The lowest BCUT2D eigenvalue weighted by Gasteiger charge is -2.17. The lowest BCUT2D eigenvalue weighted by atomic mass is 9.92. The van der Waals surface area contributed by atoms with Gasteiger partial charge in [0.1, 0.15) is 12.4 Å². The van der Waals surface area contributed by atoms with Gasteiger partial charge in [-0.3, -0.25) is 0 Å². The molecule has 0 amide bonds. The second-order valence-electron chi connectivity index (χ2n) is 14.4. The van der Waals surface area contributed by atoms with Crippen LogP contribution in [0.3, 0.4) is 0 Å². The molecule has 0 fully saturated rings. The summed E-state index contributed by atoms with van der Waals surface area (Å²) in [5.74, 6) is 2.25. The fourth-order valence-electron chi connectivity index (χ4n) is 7.13. The van der Waals surface area contributed by atoms with Gasteiger partial charge in [0.05, 0.1) is 12.0 Å². The molecule has 0 aromatic carbocycles. The number of hydrogen-bond donors (Lipinski definition) is 1. The lowest BCUT2D eigenvalue weighted by Crippen LogP contribution is -2.41. The summed E-state index contributed by atoms with van der Waals surface area (Å²) >= 11 is 0. The number of imidazole rings is 1. The van der Waals surface area contributed by atoms with Gasteiger partial charge < -0.3 is 0 Å². The van der Waals surface area contributed by atoms with E-state index in [-0.39, 0.29) is 0 Å². The Hall–Kier alpha value is -0.790. The zero-order valence-electron chi connectivity index (χ0n) is 30.4. The van der Waals surface area contributed by atoms with Crippen molar-refractivity contribution >= 4 is 0 Å². The van der Waals surface area contributed by atoms with Gasteiger partial charge in [0.15, 0.2) is 0 Å². The van der Waals surface area contributed by atoms with E-state index in [1.165, 1.54) is 211 Å². The van der Waals surface area contributed by atoms with Crippen LogP contribution in [-0.4, -0.2) is 4.98 Å². The fourth-order valence-corrected chi connectivity index (χ4v) is 7.13. The minimum atomic E-state index is 0.619. The molecule has 1 aromatic heterocycles. The van der Waals surface area contributed by atoms with Crippen LogP contribution in [0.15, 0.2) is 12.4 Å². The third kappa shape index (κ3) is 23.2. The standard InChI is InChI=1S/C41H80N2/c1-5-8-11-14-17-20-21-24-25-28-31-34-39(4)43-38-37-42-41(43)40(35-32-29-26-22-18-15-12-9-6-2)36-33-30-27-23-19-16-13-10-7-3/h37-40H,5-36H2,1-4H3/p+1. The van der Waals surface area contributed by atoms with Crippen molar-refractivity contribution < 1.29 is 4.57 Å². The van der Waals surface area contributed by atoms with Gasteiger partial charge in [-0.1, -0.05) is 201 Å². The number of aromatic nitrogens is 2. The van der Waals surface area contributed by atoms with E-state index in [0.29, 0.717) is 12.0 Å². The van der Waals surface area contributed by atoms with Gasteiger partial charge in [-0.15, -0.1) is 0 Å². The van der Waals surface area contributed by atoms with Crippen LogP contribution in [0.2, 0.25) is 0 Å². The summed E-state index contributed by atoms with van der Waals surface area (Å²) in [6, 6.07) is 0.619. The fraction of sp³-hybridized carbons (Fsp3) is 0.927. The van der Waals surface area contributed by atoms with E-state index in [1.807, 2.05) is 0 Å². The molecular formula is C41H81N2+. The van der Waals surface area contributed by atoms with Crippen LogP contribution in [0.1, 0.15) is 251 Å². The highest BCUT2D eigenvalue weighted by Crippen LogP contribution is 2.27. The number of rotatable bonds is 34. The normalized spacial score (nSPS) is 12.5. The molecule has 1 heterocycles. The molecule has 0 bridgehead atoms. The van der Waals surface area contributed by atoms with E-state index in [1.54, 1.807) is 0 Å². The van der Waals surface area contributed by atoms with Crippen LogP contribution in [0, 0.1) is 0 Å². The molecule has 0 aliphatic heterocycles. The van der Waals surface area contributed by atoms with E-state index in [4.69, 9.17) is 0 Å². The number of nitrogens with one attached hydrogen (secondary N) is 1. The molecule has 0 radical (unpaired) electrons. The van der Waals surface area contributed by atoms with Crippen LogP contribution < -0.4 is 4.57 Å². The molecule has 43 heavy (non-hydrogen) atoms. The highest BCUT2D eigenvalue weighted by Gasteiger charge is 2.25. The minimum Gasteiger partial charge on any atom is -0.247 e. The van der Waals surface area contributed by atoms with Crippen LogP contribution in [0.5, 0.6) is 0 Å². The summed E-state index contributed by atoms with van der Waals surface area (Å²) in [6.07, 6.45) is 50.1. The van der Waals surface area contributed by atoms with Crippen molar-refractivity contribution in [3.63, 3.8) is 0 Å². The Bertz CT molecular complexity index is 642. The highest BCUT2D eigenvalue weighted by molar-refractivity contribution is 4.90. The highest BCUT2D eigenvalue weighted by atomic mass is 15.1. The predicted octanol–water partition coefficient (Wildman–Crippen LogP) is 14.5. The van der Waals surface area contributed by atoms with E-state index < -0.39 is 0 Å². The molecule has 1 rings (SSSR count). The Balaban J connectivity index is 2.42. The first-order valence-corrected chi connectivity index (χ1v) is 20.3. The number of aromatic amines is 1. The Morgan fingerprint density at radius 1 is 0.442 bits per heavy atom. The third-order valence-electron chi connectivity index (χ3n) is 10.1. The molecule has 0 aliphatic carbocycles. The second-order valence-corrected chi connectivity index (χ2v) is 14.4.